The molecule has 1 aromatic carbocycles. The Bertz CT molecular complexity index is 490. The predicted molar refractivity (Wildman–Crippen MR) is 79.8 cm³/mol. The Labute approximate surface area is 120 Å². The first-order valence-electron chi connectivity index (χ1n) is 6.98. The summed E-state index contributed by atoms with van der Waals surface area (Å²) < 4.78 is 0. The Morgan fingerprint density at radius 2 is 2.30 bits per heavy atom. The second-order valence-corrected chi connectivity index (χ2v) is 5.66. The third kappa shape index (κ3) is 3.29. The number of benzene rings is 1. The maximum atomic E-state index is 11.3. The smallest absolute Gasteiger partial charge is 0.338 e. The molecule has 5 heteroatoms. The largest absolute Gasteiger partial charge is 0.478 e. The van der Waals surface area contributed by atoms with Gasteiger partial charge in [0, 0.05) is 24.8 Å². The number of nitrogen functional groups attached to an aromatic ring is 1. The molecule has 0 spiro atoms. The van der Waals surface area contributed by atoms with Gasteiger partial charge in [-0.1, -0.05) is 12.1 Å². The topological polar surface area (TPSA) is 69.8 Å². The van der Waals surface area contributed by atoms with E-state index in [1.54, 1.807) is 6.07 Å². The zero-order chi connectivity index (χ0) is 14.7. The van der Waals surface area contributed by atoms with Crippen molar-refractivity contribution in [3.05, 3.63) is 29.3 Å². The summed E-state index contributed by atoms with van der Waals surface area (Å²) in [5, 5.41) is 9.31. The Morgan fingerprint density at radius 3 is 2.95 bits per heavy atom. The van der Waals surface area contributed by atoms with E-state index in [0.717, 1.165) is 25.1 Å². The van der Waals surface area contributed by atoms with Gasteiger partial charge in [-0.25, -0.2) is 4.79 Å². The van der Waals surface area contributed by atoms with Crippen LogP contribution in [0.25, 0.3) is 0 Å². The first-order chi connectivity index (χ1) is 9.49. The maximum Gasteiger partial charge on any atom is 0.338 e. The van der Waals surface area contributed by atoms with Gasteiger partial charge in [-0.3, -0.25) is 4.90 Å². The summed E-state index contributed by atoms with van der Waals surface area (Å²) >= 11 is 0. The molecule has 0 bridgehead atoms. The number of anilines is 1. The van der Waals surface area contributed by atoms with E-state index in [9.17, 15) is 9.90 Å². The molecule has 110 valence electrons. The van der Waals surface area contributed by atoms with Crippen molar-refractivity contribution in [3.8, 4) is 0 Å². The number of carbonyl (C=O) groups is 1. The molecule has 0 radical (unpaired) electrons. The van der Waals surface area contributed by atoms with Crippen LogP contribution in [0.15, 0.2) is 18.2 Å². The molecule has 1 aliphatic rings. The lowest BCUT2D eigenvalue weighted by Crippen LogP contribution is -2.44. The minimum atomic E-state index is -0.952. The van der Waals surface area contributed by atoms with Gasteiger partial charge >= 0.3 is 5.97 Å². The molecule has 2 rings (SSSR count). The molecule has 1 aliphatic heterocycles. The molecular formula is C15H23N3O2. The monoisotopic (exact) mass is 277 g/mol. The minimum absolute atomic E-state index is 0.239. The molecule has 0 amide bonds. The number of carboxylic acid groups (broad SMARTS) is 1. The molecule has 1 heterocycles. The van der Waals surface area contributed by atoms with Crippen LogP contribution in [0.4, 0.5) is 5.69 Å². The van der Waals surface area contributed by atoms with Gasteiger partial charge in [0.2, 0.25) is 0 Å². The quantitative estimate of drug-likeness (QED) is 0.816. The summed E-state index contributed by atoms with van der Waals surface area (Å²) in [7, 11) is 4.18. The highest BCUT2D eigenvalue weighted by molar-refractivity contribution is 5.95. The van der Waals surface area contributed by atoms with E-state index >= 15 is 0 Å². The van der Waals surface area contributed by atoms with Crippen molar-refractivity contribution in [3.63, 3.8) is 0 Å². The fraction of sp³-hybridized carbons (Fsp3) is 0.533. The lowest BCUT2D eigenvalue weighted by atomic mass is 10.0. The van der Waals surface area contributed by atoms with Crippen LogP contribution in [0.5, 0.6) is 0 Å². The second-order valence-electron chi connectivity index (χ2n) is 5.66. The van der Waals surface area contributed by atoms with Crippen LogP contribution in [0.2, 0.25) is 0 Å². The zero-order valence-electron chi connectivity index (χ0n) is 12.2. The number of piperidine rings is 1. The van der Waals surface area contributed by atoms with Crippen molar-refractivity contribution in [2.24, 2.45) is 0 Å². The second kappa shape index (κ2) is 6.24. The summed E-state index contributed by atoms with van der Waals surface area (Å²) in [5.74, 6) is -0.952. The Hall–Kier alpha value is -1.59. The highest BCUT2D eigenvalue weighted by Gasteiger charge is 2.23. The summed E-state index contributed by atoms with van der Waals surface area (Å²) in [6.45, 7) is 2.79. The number of likely N-dealkylation sites (N-methyl/N-ethyl adjacent to an activating group) is 2. The van der Waals surface area contributed by atoms with Crippen LogP contribution < -0.4 is 5.73 Å². The van der Waals surface area contributed by atoms with Crippen LogP contribution in [0, 0.1) is 0 Å². The average molecular weight is 277 g/mol. The molecule has 0 saturated carbocycles. The van der Waals surface area contributed by atoms with Gasteiger partial charge in [0.1, 0.15) is 0 Å². The van der Waals surface area contributed by atoms with Crippen LogP contribution >= 0.6 is 0 Å². The van der Waals surface area contributed by atoms with E-state index in [0.29, 0.717) is 18.3 Å². The number of hydrogen-bond donors (Lipinski definition) is 2. The van der Waals surface area contributed by atoms with Crippen molar-refractivity contribution >= 4 is 11.7 Å². The predicted octanol–water partition coefficient (Wildman–Crippen LogP) is 1.49. The van der Waals surface area contributed by atoms with E-state index in [1.807, 2.05) is 12.1 Å². The van der Waals surface area contributed by atoms with Crippen LogP contribution in [0.3, 0.4) is 0 Å². The molecule has 0 aromatic heterocycles. The highest BCUT2D eigenvalue weighted by Crippen LogP contribution is 2.21. The Morgan fingerprint density at radius 1 is 1.55 bits per heavy atom. The van der Waals surface area contributed by atoms with E-state index in [4.69, 9.17) is 5.73 Å². The summed E-state index contributed by atoms with van der Waals surface area (Å²) in [6, 6.07) is 5.78. The molecular weight excluding hydrogens is 254 g/mol. The van der Waals surface area contributed by atoms with Crippen LogP contribution in [-0.2, 0) is 6.54 Å². The van der Waals surface area contributed by atoms with Gasteiger partial charge < -0.3 is 15.7 Å². The van der Waals surface area contributed by atoms with Crippen LogP contribution in [0.1, 0.15) is 28.8 Å². The number of nitrogens with two attached hydrogens (primary N) is 1. The number of likely N-dealkylation sites (tertiary alicyclic amines) is 1. The maximum absolute atomic E-state index is 11.3. The minimum Gasteiger partial charge on any atom is -0.478 e. The molecule has 1 aromatic rings. The standard InChI is InChI=1S/C15H23N3O2/c1-17-8-4-6-12(10-17)18(2)9-11-5-3-7-13(16)14(11)15(19)20/h3,5,7,12H,4,6,8-10,16H2,1-2H3,(H,19,20). The number of nitrogens with zero attached hydrogens (tertiary/aromatic N) is 2. The Balaban J connectivity index is 2.13. The van der Waals surface area contributed by atoms with Crippen molar-refractivity contribution in [1.82, 2.24) is 9.80 Å². The van der Waals surface area contributed by atoms with Gasteiger partial charge in [-0.15, -0.1) is 0 Å². The summed E-state index contributed by atoms with van der Waals surface area (Å²) in [6.07, 6.45) is 2.35. The SMILES string of the molecule is CN1CCCC(N(C)Cc2cccc(N)c2C(=O)O)C1. The number of rotatable bonds is 4. The zero-order valence-corrected chi connectivity index (χ0v) is 12.2. The van der Waals surface area contributed by atoms with Crippen molar-refractivity contribution in [2.45, 2.75) is 25.4 Å². The lowest BCUT2D eigenvalue weighted by Gasteiger charge is -2.36. The third-order valence-corrected chi connectivity index (χ3v) is 4.04. The first kappa shape index (κ1) is 14.8. The average Bonchev–Trinajstić information content (AvgIpc) is 2.38. The highest BCUT2D eigenvalue weighted by atomic mass is 16.4. The first-order valence-corrected chi connectivity index (χ1v) is 6.98. The molecule has 1 atom stereocenters. The van der Waals surface area contributed by atoms with Gasteiger partial charge in [0.15, 0.2) is 0 Å². The molecule has 20 heavy (non-hydrogen) atoms. The normalized spacial score (nSPS) is 20.2. The van der Waals surface area contributed by atoms with E-state index in [1.165, 1.54) is 6.42 Å². The lowest BCUT2D eigenvalue weighted by molar-refractivity contribution is 0.0694. The fourth-order valence-electron chi connectivity index (χ4n) is 2.91. The Kier molecular flexibility index (Phi) is 4.62. The van der Waals surface area contributed by atoms with Crippen LogP contribution in [-0.4, -0.2) is 54.1 Å². The molecule has 3 N–H and O–H groups in total. The molecule has 1 fully saturated rings. The van der Waals surface area contributed by atoms with Gasteiger partial charge in [-0.05, 0) is 45.1 Å². The van der Waals surface area contributed by atoms with E-state index in [2.05, 4.69) is 23.9 Å². The number of hydrogen-bond acceptors (Lipinski definition) is 4. The van der Waals surface area contributed by atoms with E-state index in [-0.39, 0.29) is 5.56 Å². The number of carboxylic acids is 1. The summed E-state index contributed by atoms with van der Waals surface area (Å²) in [4.78, 5) is 15.9. The van der Waals surface area contributed by atoms with Crippen molar-refractivity contribution < 1.29 is 9.90 Å². The summed E-state index contributed by atoms with van der Waals surface area (Å²) in [5.41, 5.74) is 7.15. The van der Waals surface area contributed by atoms with Crippen molar-refractivity contribution in [1.29, 1.82) is 0 Å². The molecule has 1 unspecified atom stereocenters. The van der Waals surface area contributed by atoms with Gasteiger partial charge in [0.25, 0.3) is 0 Å². The number of aromatic carboxylic acids is 1. The van der Waals surface area contributed by atoms with Gasteiger partial charge in [-0.2, -0.15) is 0 Å². The molecule has 1 saturated heterocycles. The van der Waals surface area contributed by atoms with Gasteiger partial charge in [0.05, 0.1) is 5.56 Å². The van der Waals surface area contributed by atoms with Crippen molar-refractivity contribution in [2.75, 3.05) is 32.9 Å². The molecule has 5 nitrogen and oxygen atoms in total. The third-order valence-electron chi connectivity index (χ3n) is 4.04. The fourth-order valence-corrected chi connectivity index (χ4v) is 2.91. The van der Waals surface area contributed by atoms with E-state index < -0.39 is 5.97 Å². The molecule has 0 aliphatic carbocycles.